The Morgan fingerprint density at radius 1 is 1.12 bits per heavy atom. The molecule has 0 saturated heterocycles. The van der Waals surface area contributed by atoms with Crippen molar-refractivity contribution in [2.75, 3.05) is 5.32 Å². The molecule has 88 valence electrons. The largest absolute Gasteiger partial charge is 0.350 e. The van der Waals surface area contributed by atoms with Gasteiger partial charge in [0.15, 0.2) is 11.6 Å². The Morgan fingerprint density at radius 2 is 1.82 bits per heavy atom. The number of aromatic nitrogens is 2. The van der Waals surface area contributed by atoms with E-state index in [0.717, 1.165) is 12.1 Å². The fraction of sp³-hybridized carbons (Fsp3) is 0.0909. The molecule has 6 heteroatoms. The van der Waals surface area contributed by atoms with Gasteiger partial charge in [0.2, 0.25) is 5.95 Å². The van der Waals surface area contributed by atoms with Crippen LogP contribution in [0.1, 0.15) is 5.56 Å². The fourth-order valence-corrected chi connectivity index (χ4v) is 1.33. The van der Waals surface area contributed by atoms with Crippen LogP contribution in [0.3, 0.4) is 0 Å². The molecule has 2 aromatic rings. The summed E-state index contributed by atoms with van der Waals surface area (Å²) in [6, 6.07) is 3.69. The van der Waals surface area contributed by atoms with Gasteiger partial charge in [0.25, 0.3) is 0 Å². The molecule has 0 unspecified atom stereocenters. The zero-order chi connectivity index (χ0) is 12.3. The van der Waals surface area contributed by atoms with Crippen molar-refractivity contribution in [2.24, 2.45) is 0 Å². The minimum Gasteiger partial charge on any atom is -0.350 e. The van der Waals surface area contributed by atoms with E-state index in [9.17, 15) is 8.78 Å². The lowest BCUT2D eigenvalue weighted by Crippen LogP contribution is -2.03. The Kier molecular flexibility index (Phi) is 3.49. The molecule has 0 fully saturated rings. The highest BCUT2D eigenvalue weighted by Crippen LogP contribution is 2.10. The summed E-state index contributed by atoms with van der Waals surface area (Å²) in [5, 5.41) is 3.30. The van der Waals surface area contributed by atoms with E-state index in [-0.39, 0.29) is 0 Å². The third kappa shape index (κ3) is 3.10. The van der Waals surface area contributed by atoms with Crippen LogP contribution in [0.15, 0.2) is 30.6 Å². The van der Waals surface area contributed by atoms with Crippen molar-refractivity contribution in [3.05, 3.63) is 52.8 Å². The van der Waals surface area contributed by atoms with Crippen molar-refractivity contribution in [3.63, 3.8) is 0 Å². The minimum absolute atomic E-state index is 0.304. The first-order valence-electron chi connectivity index (χ1n) is 4.80. The van der Waals surface area contributed by atoms with Gasteiger partial charge in [0.05, 0.1) is 17.4 Å². The van der Waals surface area contributed by atoms with Crippen LogP contribution in [0, 0.1) is 11.6 Å². The van der Waals surface area contributed by atoms with E-state index in [2.05, 4.69) is 15.3 Å². The van der Waals surface area contributed by atoms with Crippen LogP contribution in [0.25, 0.3) is 0 Å². The van der Waals surface area contributed by atoms with Gasteiger partial charge in [-0.2, -0.15) is 0 Å². The van der Waals surface area contributed by atoms with Crippen molar-refractivity contribution in [2.45, 2.75) is 6.54 Å². The van der Waals surface area contributed by atoms with Crippen LogP contribution in [-0.2, 0) is 6.54 Å². The molecule has 2 rings (SSSR count). The van der Waals surface area contributed by atoms with Crippen LogP contribution in [0.4, 0.5) is 14.7 Å². The Hall–Kier alpha value is -1.75. The second kappa shape index (κ2) is 5.05. The van der Waals surface area contributed by atoms with Gasteiger partial charge in [-0.05, 0) is 17.7 Å². The molecule has 1 aromatic heterocycles. The lowest BCUT2D eigenvalue weighted by atomic mass is 10.2. The molecule has 0 aliphatic heterocycles. The van der Waals surface area contributed by atoms with Gasteiger partial charge in [-0.15, -0.1) is 0 Å². The number of halogens is 3. The summed E-state index contributed by atoms with van der Waals surface area (Å²) >= 11 is 5.62. The van der Waals surface area contributed by atoms with Gasteiger partial charge in [0, 0.05) is 6.54 Å². The molecule has 0 atom stereocenters. The van der Waals surface area contributed by atoms with Crippen LogP contribution in [-0.4, -0.2) is 9.97 Å². The summed E-state index contributed by atoms with van der Waals surface area (Å²) in [5.41, 5.74) is 0.599. The average molecular weight is 256 g/mol. The van der Waals surface area contributed by atoms with E-state index in [1.54, 1.807) is 0 Å². The lowest BCUT2D eigenvalue weighted by Gasteiger charge is -2.04. The number of hydrogen-bond donors (Lipinski definition) is 1. The molecular weight excluding hydrogens is 248 g/mol. The molecule has 0 radical (unpaired) electrons. The van der Waals surface area contributed by atoms with Crippen molar-refractivity contribution in [1.29, 1.82) is 0 Å². The molecular formula is C11H8ClF2N3. The van der Waals surface area contributed by atoms with Crippen LogP contribution in [0.5, 0.6) is 0 Å². The zero-order valence-electron chi connectivity index (χ0n) is 8.62. The topological polar surface area (TPSA) is 37.8 Å². The first-order valence-corrected chi connectivity index (χ1v) is 5.18. The highest BCUT2D eigenvalue weighted by molar-refractivity contribution is 6.30. The molecule has 1 N–H and O–H groups in total. The number of nitrogens with one attached hydrogen (secondary N) is 1. The fourth-order valence-electron chi connectivity index (χ4n) is 1.23. The van der Waals surface area contributed by atoms with E-state index in [1.807, 2.05) is 0 Å². The Bertz CT molecular complexity index is 517. The number of hydrogen-bond acceptors (Lipinski definition) is 3. The molecule has 0 aliphatic rings. The van der Waals surface area contributed by atoms with Crippen molar-refractivity contribution < 1.29 is 8.78 Å². The number of anilines is 1. The summed E-state index contributed by atoms with van der Waals surface area (Å²) in [6.07, 6.45) is 2.89. The second-order valence-electron chi connectivity index (χ2n) is 3.33. The SMILES string of the molecule is Fc1ccc(CNc2ncc(Cl)cn2)cc1F. The standard InChI is InChI=1S/C11H8ClF2N3/c12-8-5-16-11(17-6-8)15-4-7-1-2-9(13)10(14)3-7/h1-3,5-6H,4H2,(H,15,16,17). The quantitative estimate of drug-likeness (QED) is 0.916. The van der Waals surface area contributed by atoms with E-state index in [4.69, 9.17) is 11.6 Å². The van der Waals surface area contributed by atoms with Gasteiger partial charge in [-0.3, -0.25) is 0 Å². The average Bonchev–Trinajstić information content (AvgIpc) is 2.33. The zero-order valence-corrected chi connectivity index (χ0v) is 9.38. The monoisotopic (exact) mass is 255 g/mol. The molecule has 0 saturated carbocycles. The second-order valence-corrected chi connectivity index (χ2v) is 3.76. The predicted octanol–water partition coefficient (Wildman–Crippen LogP) is 3.02. The van der Waals surface area contributed by atoms with E-state index in [1.165, 1.54) is 18.5 Å². The maximum Gasteiger partial charge on any atom is 0.222 e. The van der Waals surface area contributed by atoms with Crippen molar-refractivity contribution in [3.8, 4) is 0 Å². The summed E-state index contributed by atoms with van der Waals surface area (Å²) in [7, 11) is 0. The molecule has 17 heavy (non-hydrogen) atoms. The number of rotatable bonds is 3. The first kappa shape index (κ1) is 11.7. The van der Waals surface area contributed by atoms with Crippen LogP contribution in [0.2, 0.25) is 5.02 Å². The molecule has 0 spiro atoms. The number of nitrogens with zero attached hydrogens (tertiary/aromatic N) is 2. The molecule has 0 bridgehead atoms. The van der Waals surface area contributed by atoms with Gasteiger partial charge < -0.3 is 5.32 Å². The van der Waals surface area contributed by atoms with E-state index < -0.39 is 11.6 Å². The third-order valence-corrected chi connectivity index (χ3v) is 2.25. The van der Waals surface area contributed by atoms with Gasteiger partial charge in [0.1, 0.15) is 0 Å². The Morgan fingerprint density at radius 3 is 2.47 bits per heavy atom. The molecule has 0 amide bonds. The summed E-state index contributed by atoms with van der Waals surface area (Å²) in [4.78, 5) is 7.82. The molecule has 1 aromatic carbocycles. The van der Waals surface area contributed by atoms with Gasteiger partial charge >= 0.3 is 0 Å². The molecule has 3 nitrogen and oxygen atoms in total. The Balaban J connectivity index is 2.02. The van der Waals surface area contributed by atoms with Crippen LogP contribution >= 0.6 is 11.6 Å². The van der Waals surface area contributed by atoms with Crippen molar-refractivity contribution >= 4 is 17.5 Å². The summed E-state index contributed by atoms with van der Waals surface area (Å²) < 4.78 is 25.6. The molecule has 0 aliphatic carbocycles. The number of benzene rings is 1. The lowest BCUT2D eigenvalue weighted by molar-refractivity contribution is 0.507. The maximum atomic E-state index is 12.9. The predicted molar refractivity (Wildman–Crippen MR) is 60.7 cm³/mol. The molecule has 1 heterocycles. The van der Waals surface area contributed by atoms with Crippen LogP contribution < -0.4 is 5.32 Å². The van der Waals surface area contributed by atoms with Gasteiger partial charge in [-0.25, -0.2) is 18.7 Å². The first-order chi connectivity index (χ1) is 8.15. The van der Waals surface area contributed by atoms with Gasteiger partial charge in [-0.1, -0.05) is 17.7 Å². The summed E-state index contributed by atoms with van der Waals surface area (Å²) in [6.45, 7) is 0.304. The maximum absolute atomic E-state index is 12.9. The highest BCUT2D eigenvalue weighted by atomic mass is 35.5. The Labute approximate surface area is 101 Å². The summed E-state index contributed by atoms with van der Waals surface area (Å²) in [5.74, 6) is -1.36. The third-order valence-electron chi connectivity index (χ3n) is 2.05. The van der Waals surface area contributed by atoms with E-state index in [0.29, 0.717) is 23.1 Å². The van der Waals surface area contributed by atoms with E-state index >= 15 is 0 Å². The minimum atomic E-state index is -0.874. The van der Waals surface area contributed by atoms with Crippen molar-refractivity contribution in [1.82, 2.24) is 9.97 Å². The smallest absolute Gasteiger partial charge is 0.222 e. The highest BCUT2D eigenvalue weighted by Gasteiger charge is 2.03. The normalized spacial score (nSPS) is 10.3.